The molecule has 0 aliphatic heterocycles. The molecule has 1 atom stereocenters. The maximum absolute atomic E-state index is 8.93. The molecule has 11 heavy (non-hydrogen) atoms. The summed E-state index contributed by atoms with van der Waals surface area (Å²) >= 11 is 0. The summed E-state index contributed by atoms with van der Waals surface area (Å²) in [4.78, 5) is 0. The van der Waals surface area contributed by atoms with Gasteiger partial charge in [-0.15, -0.1) is 0 Å². The molecule has 0 spiro atoms. The summed E-state index contributed by atoms with van der Waals surface area (Å²) in [6.07, 6.45) is 3.12. The summed E-state index contributed by atoms with van der Waals surface area (Å²) in [6.45, 7) is 5.95. The summed E-state index contributed by atoms with van der Waals surface area (Å²) in [5, 5.41) is 12.9. The molecule has 0 saturated heterocycles. The van der Waals surface area contributed by atoms with Gasteiger partial charge in [0.1, 0.15) is 0 Å². The van der Waals surface area contributed by atoms with E-state index < -0.39 is 0 Å². The van der Waals surface area contributed by atoms with Crippen LogP contribution >= 0.6 is 0 Å². The number of aliphatic hydroxyl groups excluding tert-OH is 1. The fourth-order valence-corrected chi connectivity index (χ4v) is 0.777. The second kappa shape index (κ2) is 5.34. The normalized spacial score (nSPS) is 12.2. The number of nitrogens with zero attached hydrogens (tertiary/aromatic N) is 2. The standard InChI is InChI=1S/C7H11N2O.K/c1-6-3-8-9(4-6)5-7(2)10;/h3-4,7,10H,1,5H2,2H3;/q-1;+1. The Morgan fingerprint density at radius 2 is 2.45 bits per heavy atom. The van der Waals surface area contributed by atoms with E-state index in [-0.39, 0.29) is 57.5 Å². The van der Waals surface area contributed by atoms with E-state index in [0.29, 0.717) is 6.54 Å². The van der Waals surface area contributed by atoms with Gasteiger partial charge in [-0.1, -0.05) is 12.4 Å². The molecule has 1 aromatic rings. The summed E-state index contributed by atoms with van der Waals surface area (Å²) in [5.74, 6) is 0. The van der Waals surface area contributed by atoms with Crippen LogP contribution in [0.15, 0.2) is 12.4 Å². The largest absolute Gasteiger partial charge is 1.00 e. The van der Waals surface area contributed by atoms with Crippen molar-refractivity contribution in [3.05, 3.63) is 24.9 Å². The van der Waals surface area contributed by atoms with Crippen LogP contribution in [0.1, 0.15) is 12.5 Å². The molecular weight excluding hydrogens is 167 g/mol. The molecule has 0 amide bonds. The van der Waals surface area contributed by atoms with Crippen LogP contribution in [0.5, 0.6) is 0 Å². The molecule has 0 radical (unpaired) electrons. The molecule has 1 heterocycles. The van der Waals surface area contributed by atoms with E-state index in [4.69, 9.17) is 5.11 Å². The number of hydrogen-bond acceptors (Lipinski definition) is 2. The minimum atomic E-state index is -0.348. The quantitative estimate of drug-likeness (QED) is 0.400. The maximum Gasteiger partial charge on any atom is 1.00 e. The molecule has 1 rings (SSSR count). The van der Waals surface area contributed by atoms with Crippen molar-refractivity contribution in [2.75, 3.05) is 0 Å². The Kier molecular flexibility index (Phi) is 5.67. The average Bonchev–Trinajstić information content (AvgIpc) is 2.13. The third-order valence-electron chi connectivity index (χ3n) is 1.14. The summed E-state index contributed by atoms with van der Waals surface area (Å²) in [7, 11) is 0. The van der Waals surface area contributed by atoms with E-state index in [1.807, 2.05) is 0 Å². The first-order valence-corrected chi connectivity index (χ1v) is 3.21. The van der Waals surface area contributed by atoms with Crippen LogP contribution in [-0.2, 0) is 6.54 Å². The van der Waals surface area contributed by atoms with Gasteiger partial charge in [0.05, 0.1) is 12.6 Å². The Morgan fingerprint density at radius 1 is 1.82 bits per heavy atom. The smallest absolute Gasteiger partial charge is 0.392 e. The molecule has 0 saturated carbocycles. The Morgan fingerprint density at radius 3 is 2.82 bits per heavy atom. The van der Waals surface area contributed by atoms with Crippen LogP contribution in [0.2, 0.25) is 0 Å². The van der Waals surface area contributed by atoms with Crippen molar-refractivity contribution in [3.63, 3.8) is 0 Å². The van der Waals surface area contributed by atoms with Gasteiger partial charge in [-0.25, -0.2) is 0 Å². The van der Waals surface area contributed by atoms with E-state index in [0.717, 1.165) is 5.56 Å². The van der Waals surface area contributed by atoms with Gasteiger partial charge >= 0.3 is 51.4 Å². The van der Waals surface area contributed by atoms with Crippen molar-refractivity contribution in [3.8, 4) is 0 Å². The molecular formula is C7H11KN2O. The number of aromatic nitrogens is 2. The predicted molar refractivity (Wildman–Crippen MR) is 38.4 cm³/mol. The molecule has 0 fully saturated rings. The average molecular weight is 178 g/mol. The molecule has 4 heteroatoms. The summed E-state index contributed by atoms with van der Waals surface area (Å²) in [5.41, 5.74) is 0.876. The Balaban J connectivity index is 0.000001000. The van der Waals surface area contributed by atoms with E-state index in [1.54, 1.807) is 24.0 Å². The second-order valence-corrected chi connectivity index (χ2v) is 2.42. The maximum atomic E-state index is 8.93. The first kappa shape index (κ1) is 11.7. The second-order valence-electron chi connectivity index (χ2n) is 2.42. The van der Waals surface area contributed by atoms with Crippen LogP contribution in [0, 0.1) is 6.92 Å². The number of hydrogen-bond donors (Lipinski definition) is 1. The van der Waals surface area contributed by atoms with E-state index in [9.17, 15) is 0 Å². The van der Waals surface area contributed by atoms with Crippen LogP contribution in [-0.4, -0.2) is 21.0 Å². The van der Waals surface area contributed by atoms with E-state index >= 15 is 0 Å². The van der Waals surface area contributed by atoms with Gasteiger partial charge in [0, 0.05) is 0 Å². The van der Waals surface area contributed by atoms with Gasteiger partial charge < -0.3 is 9.79 Å². The van der Waals surface area contributed by atoms with Crippen LogP contribution < -0.4 is 51.4 Å². The molecule has 0 aliphatic rings. The minimum absolute atomic E-state index is 0. The van der Waals surface area contributed by atoms with Crippen molar-refractivity contribution in [2.24, 2.45) is 0 Å². The monoisotopic (exact) mass is 178 g/mol. The number of rotatable bonds is 2. The molecule has 0 aliphatic carbocycles. The Labute approximate surface area is 109 Å². The summed E-state index contributed by atoms with van der Waals surface area (Å²) < 4.78 is 1.67. The first-order valence-electron chi connectivity index (χ1n) is 3.21. The first-order chi connectivity index (χ1) is 4.68. The van der Waals surface area contributed by atoms with Gasteiger partial charge in [0.2, 0.25) is 0 Å². The van der Waals surface area contributed by atoms with Crippen molar-refractivity contribution >= 4 is 0 Å². The Bertz CT molecular complexity index is 210. The molecule has 0 aromatic carbocycles. The predicted octanol–water partition coefficient (Wildman–Crippen LogP) is -2.55. The van der Waals surface area contributed by atoms with Gasteiger partial charge in [0.15, 0.2) is 0 Å². The third kappa shape index (κ3) is 4.30. The van der Waals surface area contributed by atoms with Crippen molar-refractivity contribution in [2.45, 2.75) is 19.6 Å². The van der Waals surface area contributed by atoms with Gasteiger partial charge in [-0.05, 0) is 6.92 Å². The van der Waals surface area contributed by atoms with Gasteiger partial charge in [0.25, 0.3) is 0 Å². The molecule has 1 N–H and O–H groups in total. The topological polar surface area (TPSA) is 38.0 Å². The molecule has 1 aromatic heterocycles. The van der Waals surface area contributed by atoms with Crippen molar-refractivity contribution in [1.29, 1.82) is 0 Å². The molecule has 56 valence electrons. The zero-order valence-corrected chi connectivity index (χ0v) is 10.1. The molecule has 0 bridgehead atoms. The SMILES string of the molecule is [CH2-]c1cnn(CC(C)O)c1.[K+]. The zero-order valence-electron chi connectivity index (χ0n) is 6.99. The van der Waals surface area contributed by atoms with Gasteiger partial charge in [-0.2, -0.15) is 12.5 Å². The fraction of sp³-hybridized carbons (Fsp3) is 0.429. The molecule has 1 unspecified atom stereocenters. The zero-order chi connectivity index (χ0) is 7.56. The van der Waals surface area contributed by atoms with Crippen molar-refractivity contribution in [1.82, 2.24) is 9.78 Å². The fourth-order valence-electron chi connectivity index (χ4n) is 0.777. The van der Waals surface area contributed by atoms with Gasteiger partial charge in [-0.3, -0.25) is 5.10 Å². The van der Waals surface area contributed by atoms with Crippen LogP contribution in [0.4, 0.5) is 0 Å². The minimum Gasteiger partial charge on any atom is -0.392 e. The third-order valence-corrected chi connectivity index (χ3v) is 1.14. The van der Waals surface area contributed by atoms with E-state index in [1.165, 1.54) is 0 Å². The number of aliphatic hydroxyl groups is 1. The Hall–Kier alpha value is 0.676. The van der Waals surface area contributed by atoms with E-state index in [2.05, 4.69) is 12.0 Å². The van der Waals surface area contributed by atoms with Crippen LogP contribution in [0.3, 0.4) is 0 Å². The van der Waals surface area contributed by atoms with Crippen LogP contribution in [0.25, 0.3) is 0 Å². The summed E-state index contributed by atoms with van der Waals surface area (Å²) in [6, 6.07) is 0. The molecule has 3 nitrogen and oxygen atoms in total. The van der Waals surface area contributed by atoms with Crippen molar-refractivity contribution < 1.29 is 56.5 Å².